The molecule has 0 aliphatic rings. The number of rotatable bonds is 4. The van der Waals surface area contributed by atoms with E-state index in [-0.39, 0.29) is 16.9 Å². The summed E-state index contributed by atoms with van der Waals surface area (Å²) in [5, 5.41) is 12.7. The Balaban J connectivity index is 1.59. The molecule has 3 N–H and O–H groups in total. The molecule has 0 spiro atoms. The monoisotopic (exact) mass is 588 g/mol. The van der Waals surface area contributed by atoms with Crippen LogP contribution < -0.4 is 43.9 Å². The highest BCUT2D eigenvalue weighted by Crippen LogP contribution is 2.23. The van der Waals surface area contributed by atoms with Crippen molar-refractivity contribution in [2.75, 3.05) is 5.73 Å². The third-order valence-corrected chi connectivity index (χ3v) is 8.85. The summed E-state index contributed by atoms with van der Waals surface area (Å²) in [6.45, 7) is 1.86. The molecule has 15 heteroatoms. The van der Waals surface area contributed by atoms with Crippen molar-refractivity contribution >= 4 is 94.7 Å². The fraction of sp³-hybridized carbons (Fsp3) is 0.100. The van der Waals surface area contributed by atoms with Gasteiger partial charge in [0, 0.05) is 36.4 Å². The second kappa shape index (κ2) is 11.3. The molecule has 0 bridgehead atoms. The molecule has 0 saturated heterocycles. The van der Waals surface area contributed by atoms with E-state index in [1.165, 1.54) is 9.98 Å². The van der Waals surface area contributed by atoms with Crippen LogP contribution in [0.3, 0.4) is 0 Å². The van der Waals surface area contributed by atoms with E-state index in [1.54, 1.807) is 33.9 Å². The summed E-state index contributed by atoms with van der Waals surface area (Å²) in [5.41, 5.74) is 14.6. The number of pyridine rings is 1. The number of nitrogens with one attached hydrogen (secondary N) is 1. The van der Waals surface area contributed by atoms with Gasteiger partial charge < -0.3 is 11.1 Å². The zero-order chi connectivity index (χ0) is 32.2. The lowest BCUT2D eigenvalue weighted by molar-refractivity contribution is 0.0941. The number of anilines is 1. The SMILES string of the molecule is Bc1c(B)c(B)c(-n2c([C@@H](C)NC(=O)c3c(N)nn4cccnc34)cc3cccc(C#Cc4ccnn4C)c3c2=O)c(B)c1B. The number of benzene rings is 2. The predicted molar refractivity (Wildman–Crippen MR) is 193 cm³/mol. The Labute approximate surface area is 264 Å². The number of nitrogen functional groups attached to an aromatic ring is 1. The molecule has 1 amide bonds. The van der Waals surface area contributed by atoms with Crippen molar-refractivity contribution in [1.29, 1.82) is 0 Å². The largest absolute Gasteiger partial charge is 0.381 e. The van der Waals surface area contributed by atoms with Crippen LogP contribution in [0.15, 0.2) is 59.8 Å². The fourth-order valence-corrected chi connectivity index (χ4v) is 5.94. The molecular formula is C30H29B5N8O2. The Kier molecular flexibility index (Phi) is 7.45. The maximum absolute atomic E-state index is 14.8. The minimum Gasteiger partial charge on any atom is -0.381 e. The first kappa shape index (κ1) is 29.7. The van der Waals surface area contributed by atoms with E-state index >= 15 is 0 Å². The molecule has 0 aliphatic carbocycles. The van der Waals surface area contributed by atoms with Gasteiger partial charge in [-0.2, -0.15) is 5.10 Å². The van der Waals surface area contributed by atoms with Gasteiger partial charge in [-0.3, -0.25) is 18.8 Å². The first-order chi connectivity index (χ1) is 21.5. The van der Waals surface area contributed by atoms with Gasteiger partial charge in [0.05, 0.1) is 17.6 Å². The number of nitrogens with zero attached hydrogens (tertiary/aromatic N) is 6. The van der Waals surface area contributed by atoms with Crippen molar-refractivity contribution in [2.24, 2.45) is 7.05 Å². The van der Waals surface area contributed by atoms with E-state index in [2.05, 4.69) is 55.9 Å². The lowest BCUT2D eigenvalue weighted by atomic mass is 9.61. The third kappa shape index (κ3) is 4.92. The summed E-state index contributed by atoms with van der Waals surface area (Å²) in [7, 11) is 12.1. The zero-order valence-electron chi connectivity index (χ0n) is 26.4. The standard InChI is InChI=1S/C30H29B5N8O2/c1-14(39-29(44)20-27(36)40-42-12-4-10-37-28(20)42)18-13-16-6-3-5-15(7-8-17-9-11-38-41(17)2)19(16)30(45)43(18)26-24(34)22(32)21(31)23(33)25(26)35/h3-6,9-14H,31-35H2,1-2H3,(H2,36,40)(H,39,44)/t14-/m1/s1. The number of nitrogens with two attached hydrogens (primary N) is 1. The van der Waals surface area contributed by atoms with E-state index in [9.17, 15) is 9.59 Å². The lowest BCUT2D eigenvalue weighted by Gasteiger charge is -2.26. The molecule has 2 aromatic carbocycles. The lowest BCUT2D eigenvalue weighted by Crippen LogP contribution is -2.57. The summed E-state index contributed by atoms with van der Waals surface area (Å²) in [5.74, 6) is 6.00. The fourth-order valence-electron chi connectivity index (χ4n) is 5.94. The second-order valence-corrected chi connectivity index (χ2v) is 11.4. The molecule has 0 aliphatic heterocycles. The summed E-state index contributed by atoms with van der Waals surface area (Å²) < 4.78 is 4.90. The number of amides is 1. The summed E-state index contributed by atoms with van der Waals surface area (Å²) in [6.07, 6.45) is 4.95. The molecule has 0 unspecified atom stereocenters. The Hall–Kier alpha value is -5.37. The highest BCUT2D eigenvalue weighted by molar-refractivity contribution is 6.68. The molecule has 0 radical (unpaired) electrons. The Morgan fingerprint density at radius 3 is 2.38 bits per heavy atom. The number of hydrogen-bond donors (Lipinski definition) is 2. The quantitative estimate of drug-likeness (QED) is 0.157. The number of fused-ring (bicyclic) bond motifs is 2. The van der Waals surface area contributed by atoms with Gasteiger partial charge in [-0.05, 0) is 42.5 Å². The van der Waals surface area contributed by atoms with E-state index in [0.29, 0.717) is 22.3 Å². The van der Waals surface area contributed by atoms with Crippen LogP contribution in [0.4, 0.5) is 5.82 Å². The molecule has 6 rings (SSSR count). The molecule has 1 atom stereocenters. The van der Waals surface area contributed by atoms with Crippen LogP contribution in [0.25, 0.3) is 22.1 Å². The van der Waals surface area contributed by atoms with Crippen molar-refractivity contribution in [1.82, 2.24) is 34.3 Å². The van der Waals surface area contributed by atoms with Crippen molar-refractivity contribution in [3.8, 4) is 17.5 Å². The Bertz CT molecular complexity index is 2290. The molecule has 216 valence electrons. The highest BCUT2D eigenvalue weighted by Gasteiger charge is 2.25. The normalized spacial score (nSPS) is 11.8. The maximum atomic E-state index is 14.8. The van der Waals surface area contributed by atoms with Crippen molar-refractivity contribution in [3.63, 3.8) is 0 Å². The second-order valence-electron chi connectivity index (χ2n) is 11.4. The van der Waals surface area contributed by atoms with E-state index in [1.807, 2.05) is 60.0 Å². The number of aromatic nitrogens is 6. The Morgan fingerprint density at radius 1 is 0.978 bits per heavy atom. The first-order valence-corrected chi connectivity index (χ1v) is 14.6. The van der Waals surface area contributed by atoms with Gasteiger partial charge in [0.2, 0.25) is 0 Å². The number of carbonyl (C=O) groups excluding carboxylic acids is 1. The number of hydrogen-bond acceptors (Lipinski definition) is 6. The van der Waals surface area contributed by atoms with Crippen LogP contribution in [-0.4, -0.2) is 74.1 Å². The van der Waals surface area contributed by atoms with Crippen LogP contribution in [0, 0.1) is 11.8 Å². The van der Waals surface area contributed by atoms with Gasteiger partial charge in [0.25, 0.3) is 11.5 Å². The number of carbonyl (C=O) groups is 1. The van der Waals surface area contributed by atoms with Crippen LogP contribution in [0.1, 0.15) is 40.3 Å². The van der Waals surface area contributed by atoms with Gasteiger partial charge in [0.1, 0.15) is 50.5 Å². The average molecular weight is 588 g/mol. The van der Waals surface area contributed by atoms with Gasteiger partial charge >= 0.3 is 0 Å². The minimum absolute atomic E-state index is 0.0717. The summed E-state index contributed by atoms with van der Waals surface area (Å²) >= 11 is 0. The molecule has 4 aromatic heterocycles. The molecule has 0 fully saturated rings. The van der Waals surface area contributed by atoms with Gasteiger partial charge in [0.15, 0.2) is 11.5 Å². The van der Waals surface area contributed by atoms with Crippen LogP contribution in [-0.2, 0) is 7.05 Å². The van der Waals surface area contributed by atoms with Gasteiger partial charge in [-0.15, -0.1) is 10.6 Å². The molecular weight excluding hydrogens is 558 g/mol. The van der Waals surface area contributed by atoms with Crippen molar-refractivity contribution in [3.05, 3.63) is 87.9 Å². The van der Waals surface area contributed by atoms with E-state index in [0.717, 1.165) is 38.6 Å². The van der Waals surface area contributed by atoms with Gasteiger partial charge in [-0.25, -0.2) is 9.50 Å². The predicted octanol–water partition coefficient (Wildman–Crippen LogP) is -5.47. The van der Waals surface area contributed by atoms with Crippen LogP contribution >= 0.6 is 0 Å². The molecule has 45 heavy (non-hydrogen) atoms. The minimum atomic E-state index is -0.599. The highest BCUT2D eigenvalue weighted by atomic mass is 16.2. The summed E-state index contributed by atoms with van der Waals surface area (Å²) in [6, 6.07) is 10.5. The zero-order valence-corrected chi connectivity index (χ0v) is 26.4. The average Bonchev–Trinajstić information content (AvgIpc) is 3.59. The van der Waals surface area contributed by atoms with Crippen LogP contribution in [0.5, 0.6) is 0 Å². The molecule has 4 heterocycles. The Morgan fingerprint density at radius 2 is 1.69 bits per heavy atom. The third-order valence-electron chi connectivity index (χ3n) is 8.85. The van der Waals surface area contributed by atoms with E-state index < -0.39 is 11.9 Å². The smallest absolute Gasteiger partial charge is 0.264 e. The van der Waals surface area contributed by atoms with Gasteiger partial charge in [-0.1, -0.05) is 39.9 Å². The topological polar surface area (TPSA) is 125 Å². The van der Waals surface area contributed by atoms with Crippen LogP contribution in [0.2, 0.25) is 0 Å². The maximum Gasteiger partial charge on any atom is 0.264 e. The molecule has 10 nitrogen and oxygen atoms in total. The molecule has 0 saturated carbocycles. The van der Waals surface area contributed by atoms with Crippen molar-refractivity contribution in [2.45, 2.75) is 13.0 Å². The van der Waals surface area contributed by atoms with Crippen molar-refractivity contribution < 1.29 is 4.79 Å². The summed E-state index contributed by atoms with van der Waals surface area (Å²) in [4.78, 5) is 32.8. The first-order valence-electron chi connectivity index (χ1n) is 14.6. The number of aryl methyl sites for hydroxylation is 1. The van der Waals surface area contributed by atoms with E-state index in [4.69, 9.17) is 5.73 Å². The molecule has 6 aromatic rings.